The molecular formula is C19H13NO3S. The fraction of sp³-hybridized carbons (Fsp3) is 0.0526. The number of carbonyl (C=O) groups is 1. The minimum atomic E-state index is -0.319. The number of thiazole rings is 1. The first-order valence-electron chi connectivity index (χ1n) is 7.43. The fourth-order valence-corrected chi connectivity index (χ4v) is 3.02. The second-order valence-corrected chi connectivity index (χ2v) is 6.00. The summed E-state index contributed by atoms with van der Waals surface area (Å²) in [4.78, 5) is 16.2. The Kier molecular flexibility index (Phi) is 3.84. The van der Waals surface area contributed by atoms with E-state index < -0.39 is 0 Å². The number of esters is 1. The molecule has 0 spiro atoms. The third kappa shape index (κ3) is 2.94. The molecule has 0 amide bonds. The summed E-state index contributed by atoms with van der Waals surface area (Å²) in [5, 5.41) is 1.96. The van der Waals surface area contributed by atoms with Gasteiger partial charge in [-0.2, -0.15) is 0 Å². The molecule has 0 bridgehead atoms. The number of para-hydroxylation sites is 1. The highest BCUT2D eigenvalue weighted by Crippen LogP contribution is 2.35. The van der Waals surface area contributed by atoms with Gasteiger partial charge in [-0.05, 0) is 29.8 Å². The summed E-state index contributed by atoms with van der Waals surface area (Å²) in [5.41, 5.74) is 5.01. The van der Waals surface area contributed by atoms with E-state index in [0.717, 1.165) is 22.6 Å². The standard InChI is InChI=1S/C19H13NO3S/c21-19-17(16-3-1-2-4-18(16)23-19)9-13-5-7-15(8-6-13)22-10-14-11-24-12-20-14/h1-9,11-12H,10H2. The fourth-order valence-electron chi connectivity index (χ4n) is 2.47. The van der Waals surface area contributed by atoms with Gasteiger partial charge in [-0.1, -0.05) is 30.3 Å². The van der Waals surface area contributed by atoms with Crippen molar-refractivity contribution < 1.29 is 14.3 Å². The topological polar surface area (TPSA) is 48.4 Å². The van der Waals surface area contributed by atoms with Gasteiger partial charge in [0.25, 0.3) is 0 Å². The van der Waals surface area contributed by atoms with Crippen LogP contribution in [-0.4, -0.2) is 11.0 Å². The maximum Gasteiger partial charge on any atom is 0.344 e. The lowest BCUT2D eigenvalue weighted by Gasteiger charge is -2.04. The van der Waals surface area contributed by atoms with E-state index in [1.165, 1.54) is 0 Å². The number of hydrogen-bond acceptors (Lipinski definition) is 5. The number of nitrogens with zero attached hydrogens (tertiary/aromatic N) is 1. The minimum Gasteiger partial charge on any atom is -0.487 e. The number of aromatic nitrogens is 1. The highest BCUT2D eigenvalue weighted by molar-refractivity contribution is 7.07. The van der Waals surface area contributed by atoms with Crippen molar-refractivity contribution in [1.82, 2.24) is 4.98 Å². The highest BCUT2D eigenvalue weighted by atomic mass is 32.1. The van der Waals surface area contributed by atoms with Crippen molar-refractivity contribution in [3.63, 3.8) is 0 Å². The quantitative estimate of drug-likeness (QED) is 0.408. The molecule has 2 heterocycles. The molecule has 0 atom stereocenters. The van der Waals surface area contributed by atoms with Gasteiger partial charge in [0.15, 0.2) is 0 Å². The van der Waals surface area contributed by atoms with Gasteiger partial charge in [0.1, 0.15) is 18.1 Å². The molecule has 4 rings (SSSR count). The van der Waals surface area contributed by atoms with E-state index in [9.17, 15) is 4.79 Å². The lowest BCUT2D eigenvalue weighted by molar-refractivity contribution is -0.126. The summed E-state index contributed by atoms with van der Waals surface area (Å²) in [6, 6.07) is 15.0. The van der Waals surface area contributed by atoms with Gasteiger partial charge in [0.05, 0.1) is 16.8 Å². The molecule has 1 aromatic heterocycles. The Morgan fingerprint density at radius 2 is 1.96 bits per heavy atom. The van der Waals surface area contributed by atoms with Gasteiger partial charge in [0.2, 0.25) is 0 Å². The number of benzene rings is 2. The van der Waals surface area contributed by atoms with Gasteiger partial charge in [-0.3, -0.25) is 0 Å². The zero-order chi connectivity index (χ0) is 16.4. The maximum atomic E-state index is 12.0. The minimum absolute atomic E-state index is 0.319. The zero-order valence-corrected chi connectivity index (χ0v) is 13.5. The van der Waals surface area contributed by atoms with Crippen LogP contribution in [0.15, 0.2) is 59.4 Å². The average molecular weight is 335 g/mol. The molecule has 0 saturated heterocycles. The van der Waals surface area contributed by atoms with E-state index in [4.69, 9.17) is 9.47 Å². The molecule has 5 heteroatoms. The number of hydrogen-bond donors (Lipinski definition) is 0. The summed E-state index contributed by atoms with van der Waals surface area (Å²) < 4.78 is 10.9. The Balaban J connectivity index is 1.52. The Hall–Kier alpha value is -2.92. The largest absolute Gasteiger partial charge is 0.487 e. The first-order chi connectivity index (χ1) is 11.8. The van der Waals surface area contributed by atoms with Crippen LogP contribution in [0.3, 0.4) is 0 Å². The molecule has 2 aromatic carbocycles. The van der Waals surface area contributed by atoms with Gasteiger partial charge in [0, 0.05) is 10.9 Å². The zero-order valence-electron chi connectivity index (χ0n) is 12.6. The van der Waals surface area contributed by atoms with E-state index in [1.54, 1.807) is 22.9 Å². The second-order valence-electron chi connectivity index (χ2n) is 5.28. The molecule has 4 nitrogen and oxygen atoms in total. The molecule has 0 N–H and O–H groups in total. The highest BCUT2D eigenvalue weighted by Gasteiger charge is 2.25. The molecular weight excluding hydrogens is 322 g/mol. The van der Waals surface area contributed by atoms with Crippen LogP contribution in [0.25, 0.3) is 11.6 Å². The molecule has 0 aliphatic carbocycles. The summed E-state index contributed by atoms with van der Waals surface area (Å²) in [5.74, 6) is 1.05. The Labute approximate surface area is 143 Å². The van der Waals surface area contributed by atoms with Crippen molar-refractivity contribution in [3.8, 4) is 11.5 Å². The molecule has 0 fully saturated rings. The first kappa shape index (κ1) is 14.7. The van der Waals surface area contributed by atoms with Crippen LogP contribution in [0.2, 0.25) is 0 Å². The van der Waals surface area contributed by atoms with E-state index >= 15 is 0 Å². The average Bonchev–Trinajstić information content (AvgIpc) is 3.23. The number of carbonyl (C=O) groups excluding carboxylic acids is 1. The summed E-state index contributed by atoms with van der Waals surface area (Å²) in [7, 11) is 0. The lowest BCUT2D eigenvalue weighted by Crippen LogP contribution is -2.00. The second kappa shape index (κ2) is 6.29. The normalized spacial score (nSPS) is 14.5. The molecule has 0 unspecified atom stereocenters. The summed E-state index contributed by atoms with van der Waals surface area (Å²) in [6.07, 6.45) is 1.83. The van der Waals surface area contributed by atoms with Crippen LogP contribution >= 0.6 is 11.3 Å². The molecule has 1 aliphatic heterocycles. The predicted octanol–water partition coefficient (Wildman–Crippen LogP) is 4.18. The van der Waals surface area contributed by atoms with E-state index in [1.807, 2.05) is 53.9 Å². The van der Waals surface area contributed by atoms with Crippen LogP contribution in [0.5, 0.6) is 11.5 Å². The van der Waals surface area contributed by atoms with Gasteiger partial charge >= 0.3 is 5.97 Å². The first-order valence-corrected chi connectivity index (χ1v) is 8.37. The van der Waals surface area contributed by atoms with Gasteiger partial charge in [-0.15, -0.1) is 11.3 Å². The van der Waals surface area contributed by atoms with Crippen molar-refractivity contribution >= 4 is 29.0 Å². The van der Waals surface area contributed by atoms with Crippen LogP contribution in [0, 0.1) is 0 Å². The molecule has 3 aromatic rings. The van der Waals surface area contributed by atoms with Crippen molar-refractivity contribution in [2.24, 2.45) is 0 Å². The Morgan fingerprint density at radius 3 is 2.75 bits per heavy atom. The number of rotatable bonds is 4. The number of ether oxygens (including phenoxy) is 2. The van der Waals surface area contributed by atoms with E-state index in [0.29, 0.717) is 17.9 Å². The SMILES string of the molecule is O=C1Oc2ccccc2C1=Cc1ccc(OCc2cscn2)cc1. The molecule has 118 valence electrons. The van der Waals surface area contributed by atoms with Crippen LogP contribution in [-0.2, 0) is 11.4 Å². The van der Waals surface area contributed by atoms with Gasteiger partial charge < -0.3 is 9.47 Å². The molecule has 24 heavy (non-hydrogen) atoms. The smallest absolute Gasteiger partial charge is 0.344 e. The van der Waals surface area contributed by atoms with E-state index in [-0.39, 0.29) is 5.97 Å². The molecule has 1 aliphatic rings. The lowest BCUT2D eigenvalue weighted by atomic mass is 10.0. The van der Waals surface area contributed by atoms with Crippen molar-refractivity contribution in [2.75, 3.05) is 0 Å². The van der Waals surface area contributed by atoms with Crippen LogP contribution in [0.4, 0.5) is 0 Å². The van der Waals surface area contributed by atoms with Crippen molar-refractivity contribution in [2.45, 2.75) is 6.61 Å². The van der Waals surface area contributed by atoms with Crippen molar-refractivity contribution in [3.05, 3.63) is 76.2 Å². The monoisotopic (exact) mass is 335 g/mol. The predicted molar refractivity (Wildman–Crippen MR) is 92.8 cm³/mol. The van der Waals surface area contributed by atoms with Gasteiger partial charge in [-0.25, -0.2) is 9.78 Å². The number of fused-ring (bicyclic) bond motifs is 1. The maximum absolute atomic E-state index is 12.0. The Morgan fingerprint density at radius 1 is 1.12 bits per heavy atom. The molecule has 0 saturated carbocycles. The third-order valence-corrected chi connectivity index (χ3v) is 4.30. The third-order valence-electron chi connectivity index (χ3n) is 3.66. The van der Waals surface area contributed by atoms with E-state index in [2.05, 4.69) is 4.98 Å². The van der Waals surface area contributed by atoms with Crippen LogP contribution in [0.1, 0.15) is 16.8 Å². The Bertz CT molecular complexity index is 899. The summed E-state index contributed by atoms with van der Waals surface area (Å²) >= 11 is 1.55. The molecule has 0 radical (unpaired) electrons. The summed E-state index contributed by atoms with van der Waals surface area (Å²) in [6.45, 7) is 0.448. The van der Waals surface area contributed by atoms with Crippen LogP contribution < -0.4 is 9.47 Å². The van der Waals surface area contributed by atoms with Crippen molar-refractivity contribution in [1.29, 1.82) is 0 Å².